The van der Waals surface area contributed by atoms with E-state index in [1.807, 2.05) is 0 Å². The first-order valence-electron chi connectivity index (χ1n) is 5.70. The van der Waals surface area contributed by atoms with Crippen molar-refractivity contribution in [2.45, 2.75) is 6.54 Å². The Morgan fingerprint density at radius 3 is 3.00 bits per heavy atom. The van der Waals surface area contributed by atoms with Crippen molar-refractivity contribution >= 4 is 5.96 Å². The minimum absolute atomic E-state index is 0.336. The van der Waals surface area contributed by atoms with Crippen LogP contribution in [-0.2, 0) is 6.54 Å². The summed E-state index contributed by atoms with van der Waals surface area (Å²) in [6, 6.07) is 6.04. The third kappa shape index (κ3) is 3.27. The Morgan fingerprint density at radius 2 is 2.32 bits per heavy atom. The van der Waals surface area contributed by atoms with E-state index in [9.17, 15) is 4.39 Å². The van der Waals surface area contributed by atoms with Crippen LogP contribution < -0.4 is 10.6 Å². The molecule has 2 aromatic rings. The number of benzene rings is 1. The molecule has 2 N–H and O–H groups in total. The van der Waals surface area contributed by atoms with E-state index >= 15 is 0 Å². The zero-order valence-corrected chi connectivity index (χ0v) is 10.6. The van der Waals surface area contributed by atoms with E-state index in [4.69, 9.17) is 4.52 Å². The normalized spacial score (nSPS) is 11.4. The van der Waals surface area contributed by atoms with Crippen molar-refractivity contribution in [1.82, 2.24) is 20.8 Å². The van der Waals surface area contributed by atoms with Gasteiger partial charge in [0.25, 0.3) is 0 Å². The second-order valence-electron chi connectivity index (χ2n) is 3.70. The first kappa shape index (κ1) is 13.0. The summed E-state index contributed by atoms with van der Waals surface area (Å²) in [5.41, 5.74) is 0.577. The molecule has 100 valence electrons. The first-order valence-corrected chi connectivity index (χ1v) is 5.70. The van der Waals surface area contributed by atoms with Gasteiger partial charge in [-0.3, -0.25) is 4.99 Å². The molecule has 0 amide bonds. The summed E-state index contributed by atoms with van der Waals surface area (Å²) < 4.78 is 18.2. The summed E-state index contributed by atoms with van der Waals surface area (Å²) in [7, 11) is 3.41. The lowest BCUT2D eigenvalue weighted by Crippen LogP contribution is -2.34. The van der Waals surface area contributed by atoms with Crippen molar-refractivity contribution in [3.05, 3.63) is 36.0 Å². The van der Waals surface area contributed by atoms with Crippen LogP contribution in [0.2, 0.25) is 0 Å². The number of aliphatic imine (C=N–C) groups is 1. The Bertz CT molecular complexity index is 581. The Labute approximate surface area is 109 Å². The molecule has 2 rings (SSSR count). The fourth-order valence-electron chi connectivity index (χ4n) is 1.51. The molecule has 1 aromatic carbocycles. The fraction of sp³-hybridized carbons (Fsp3) is 0.250. The average Bonchev–Trinajstić information content (AvgIpc) is 2.89. The molecule has 0 unspecified atom stereocenters. The van der Waals surface area contributed by atoms with Crippen molar-refractivity contribution in [3.8, 4) is 11.4 Å². The van der Waals surface area contributed by atoms with Gasteiger partial charge in [0.2, 0.25) is 11.7 Å². The third-order valence-electron chi connectivity index (χ3n) is 2.42. The summed E-state index contributed by atoms with van der Waals surface area (Å²) in [4.78, 5) is 8.13. The Balaban J connectivity index is 2.07. The Hall–Kier alpha value is -2.44. The van der Waals surface area contributed by atoms with Gasteiger partial charge in [0, 0.05) is 19.7 Å². The number of halogens is 1. The van der Waals surface area contributed by atoms with Crippen LogP contribution in [0, 0.1) is 5.82 Å². The van der Waals surface area contributed by atoms with Crippen molar-refractivity contribution in [2.24, 2.45) is 4.99 Å². The van der Waals surface area contributed by atoms with E-state index in [0.29, 0.717) is 29.8 Å². The van der Waals surface area contributed by atoms with Crippen LogP contribution >= 0.6 is 0 Å². The standard InChI is InChI=1S/C12H14FN5O/c1-14-12(15-2)16-7-10-17-11(18-19-10)8-4-3-5-9(13)6-8/h3-6H,7H2,1-2H3,(H2,14,15,16). The Morgan fingerprint density at radius 1 is 1.47 bits per heavy atom. The maximum Gasteiger partial charge on any atom is 0.246 e. The monoisotopic (exact) mass is 263 g/mol. The SMILES string of the molecule is CN=C(NC)NCc1nc(-c2cccc(F)c2)no1. The summed E-state index contributed by atoms with van der Waals surface area (Å²) >= 11 is 0. The molecule has 0 aliphatic rings. The summed E-state index contributed by atoms with van der Waals surface area (Å²) in [6.45, 7) is 0.343. The molecule has 0 radical (unpaired) electrons. The van der Waals surface area contributed by atoms with Crippen LogP contribution in [0.4, 0.5) is 4.39 Å². The molecule has 7 heteroatoms. The van der Waals surface area contributed by atoms with Gasteiger partial charge in [0.1, 0.15) is 5.82 Å². The summed E-state index contributed by atoms with van der Waals surface area (Å²) in [5, 5.41) is 9.65. The number of rotatable bonds is 3. The zero-order chi connectivity index (χ0) is 13.7. The van der Waals surface area contributed by atoms with Crippen molar-refractivity contribution in [2.75, 3.05) is 14.1 Å². The maximum atomic E-state index is 13.1. The lowest BCUT2D eigenvalue weighted by atomic mass is 10.2. The van der Waals surface area contributed by atoms with Crippen molar-refractivity contribution in [1.29, 1.82) is 0 Å². The fourth-order valence-corrected chi connectivity index (χ4v) is 1.51. The second kappa shape index (κ2) is 5.94. The summed E-state index contributed by atoms with van der Waals surface area (Å²) in [5.74, 6) is 1.04. The van der Waals surface area contributed by atoms with Gasteiger partial charge in [-0.15, -0.1) is 0 Å². The van der Waals surface area contributed by atoms with Gasteiger partial charge < -0.3 is 15.2 Å². The van der Waals surface area contributed by atoms with Crippen molar-refractivity contribution in [3.63, 3.8) is 0 Å². The van der Waals surface area contributed by atoms with Gasteiger partial charge in [-0.2, -0.15) is 4.98 Å². The highest BCUT2D eigenvalue weighted by Gasteiger charge is 2.09. The number of hydrogen-bond donors (Lipinski definition) is 2. The van der Waals surface area contributed by atoms with Crippen LogP contribution in [0.25, 0.3) is 11.4 Å². The number of hydrogen-bond acceptors (Lipinski definition) is 4. The number of aromatic nitrogens is 2. The highest BCUT2D eigenvalue weighted by Crippen LogP contribution is 2.16. The van der Waals surface area contributed by atoms with Gasteiger partial charge in [-0.1, -0.05) is 17.3 Å². The quantitative estimate of drug-likeness (QED) is 0.642. The minimum Gasteiger partial charge on any atom is -0.359 e. The van der Waals surface area contributed by atoms with Crippen LogP contribution in [-0.4, -0.2) is 30.2 Å². The molecule has 0 spiro atoms. The highest BCUT2D eigenvalue weighted by molar-refractivity contribution is 5.79. The second-order valence-corrected chi connectivity index (χ2v) is 3.70. The molecule has 0 fully saturated rings. The van der Waals surface area contributed by atoms with E-state index in [-0.39, 0.29) is 5.82 Å². The van der Waals surface area contributed by atoms with Gasteiger partial charge in [-0.05, 0) is 12.1 Å². The smallest absolute Gasteiger partial charge is 0.246 e. The Kier molecular flexibility index (Phi) is 4.07. The molecular formula is C12H14FN5O. The number of guanidine groups is 1. The molecule has 1 heterocycles. The van der Waals surface area contributed by atoms with Crippen molar-refractivity contribution < 1.29 is 8.91 Å². The van der Waals surface area contributed by atoms with Gasteiger partial charge in [0.05, 0.1) is 6.54 Å². The van der Waals surface area contributed by atoms with Gasteiger partial charge in [-0.25, -0.2) is 4.39 Å². The van der Waals surface area contributed by atoms with Gasteiger partial charge in [0.15, 0.2) is 5.96 Å². The molecule has 0 aliphatic carbocycles. The van der Waals surface area contributed by atoms with Crippen LogP contribution in [0.1, 0.15) is 5.89 Å². The van der Waals surface area contributed by atoms with Crippen LogP contribution in [0.5, 0.6) is 0 Å². The zero-order valence-electron chi connectivity index (χ0n) is 10.6. The van der Waals surface area contributed by atoms with E-state index in [1.165, 1.54) is 12.1 Å². The molecule has 0 aliphatic heterocycles. The maximum absolute atomic E-state index is 13.1. The molecule has 19 heavy (non-hydrogen) atoms. The lowest BCUT2D eigenvalue weighted by molar-refractivity contribution is 0.375. The first-order chi connectivity index (χ1) is 9.22. The van der Waals surface area contributed by atoms with Crippen LogP contribution in [0.3, 0.4) is 0 Å². The van der Waals surface area contributed by atoms with E-state index in [2.05, 4.69) is 25.8 Å². The van der Waals surface area contributed by atoms with Crippen LogP contribution in [0.15, 0.2) is 33.8 Å². The molecule has 0 saturated carbocycles. The van der Waals surface area contributed by atoms with E-state index in [1.54, 1.807) is 26.2 Å². The minimum atomic E-state index is -0.336. The van der Waals surface area contributed by atoms with Gasteiger partial charge >= 0.3 is 0 Å². The molecule has 6 nitrogen and oxygen atoms in total. The number of nitrogens with zero attached hydrogens (tertiary/aromatic N) is 3. The largest absolute Gasteiger partial charge is 0.359 e. The van der Waals surface area contributed by atoms with E-state index < -0.39 is 0 Å². The highest BCUT2D eigenvalue weighted by atomic mass is 19.1. The van der Waals surface area contributed by atoms with E-state index in [0.717, 1.165) is 0 Å². The third-order valence-corrected chi connectivity index (χ3v) is 2.42. The topological polar surface area (TPSA) is 75.3 Å². The predicted molar refractivity (Wildman–Crippen MR) is 69.0 cm³/mol. The molecule has 0 bridgehead atoms. The molecule has 1 aromatic heterocycles. The molecular weight excluding hydrogens is 249 g/mol. The molecule has 0 atom stereocenters. The predicted octanol–water partition coefficient (Wildman–Crippen LogP) is 1.17. The number of nitrogens with one attached hydrogen (secondary N) is 2. The lowest BCUT2D eigenvalue weighted by Gasteiger charge is -2.04. The molecule has 0 saturated heterocycles. The average molecular weight is 263 g/mol. The summed E-state index contributed by atoms with van der Waals surface area (Å²) in [6.07, 6.45) is 0.